The highest BCUT2D eigenvalue weighted by molar-refractivity contribution is 7.99. The molecule has 1 atom stereocenters. The van der Waals surface area contributed by atoms with Gasteiger partial charge >= 0.3 is 6.09 Å². The standard InChI is InChI=1S/C26H35N7O4S/c1-25(2,3)37-24(35)30-26(4)10-13-32(14-11-26)18-16-28-20-21(29-18)33(19-9-5-6-15-36-19)31-23(20)38-17-8-7-12-27-22(17)34/h7-8,12,16,19H,5-6,9-11,13-15H2,1-4H3,(H,27,34)(H,30,35). The van der Waals surface area contributed by atoms with Crippen molar-refractivity contribution in [3.63, 3.8) is 0 Å². The number of amides is 1. The van der Waals surface area contributed by atoms with E-state index in [1.54, 1.807) is 24.5 Å². The molecular weight excluding hydrogens is 506 g/mol. The third kappa shape index (κ3) is 5.96. The van der Waals surface area contributed by atoms with Crippen LogP contribution >= 0.6 is 11.8 Å². The Labute approximate surface area is 225 Å². The van der Waals surface area contributed by atoms with Gasteiger partial charge in [0.2, 0.25) is 0 Å². The summed E-state index contributed by atoms with van der Waals surface area (Å²) < 4.78 is 13.3. The minimum absolute atomic E-state index is 0.171. The third-order valence-corrected chi connectivity index (χ3v) is 7.78. The molecular formula is C26H35N7O4S. The van der Waals surface area contributed by atoms with Gasteiger partial charge in [0.05, 0.1) is 11.1 Å². The van der Waals surface area contributed by atoms with E-state index in [-0.39, 0.29) is 17.3 Å². The molecule has 0 saturated carbocycles. The second-order valence-electron chi connectivity index (χ2n) is 11.1. The maximum atomic E-state index is 12.4. The van der Waals surface area contributed by atoms with E-state index in [1.807, 2.05) is 32.4 Å². The van der Waals surface area contributed by atoms with Crippen molar-refractivity contribution in [2.75, 3.05) is 24.6 Å². The molecule has 3 aromatic rings. The molecule has 0 bridgehead atoms. The third-order valence-electron chi connectivity index (χ3n) is 6.77. The minimum atomic E-state index is -0.539. The first-order chi connectivity index (χ1) is 18.1. The second kappa shape index (κ2) is 10.6. The number of fused-ring (bicyclic) bond motifs is 1. The first kappa shape index (κ1) is 26.5. The molecule has 5 rings (SSSR count). The van der Waals surface area contributed by atoms with Crippen LogP contribution in [0.3, 0.4) is 0 Å². The number of carbonyl (C=O) groups excluding carboxylic acids is 1. The Balaban J connectivity index is 1.38. The van der Waals surface area contributed by atoms with Gasteiger partial charge in [0, 0.05) is 31.4 Å². The largest absolute Gasteiger partial charge is 0.444 e. The van der Waals surface area contributed by atoms with Crippen LogP contribution in [0, 0.1) is 0 Å². The molecule has 0 spiro atoms. The van der Waals surface area contributed by atoms with Crippen molar-refractivity contribution in [1.29, 1.82) is 0 Å². The van der Waals surface area contributed by atoms with Gasteiger partial charge in [-0.2, -0.15) is 5.10 Å². The zero-order chi connectivity index (χ0) is 26.9. The van der Waals surface area contributed by atoms with Crippen molar-refractivity contribution in [3.05, 3.63) is 34.9 Å². The predicted octanol–water partition coefficient (Wildman–Crippen LogP) is 4.25. The van der Waals surface area contributed by atoms with Crippen LogP contribution in [-0.4, -0.2) is 61.7 Å². The Hall–Kier alpha value is -3.12. The van der Waals surface area contributed by atoms with E-state index in [0.717, 1.165) is 37.9 Å². The van der Waals surface area contributed by atoms with Gasteiger partial charge < -0.3 is 24.7 Å². The second-order valence-corrected chi connectivity index (χ2v) is 12.1. The van der Waals surface area contributed by atoms with Crippen LogP contribution in [0.5, 0.6) is 0 Å². The normalized spacial score (nSPS) is 19.9. The summed E-state index contributed by atoms with van der Waals surface area (Å²) in [6.45, 7) is 9.72. The van der Waals surface area contributed by atoms with Crippen LogP contribution in [0.1, 0.15) is 66.0 Å². The van der Waals surface area contributed by atoms with Crippen molar-refractivity contribution in [2.45, 2.75) is 87.1 Å². The first-order valence-corrected chi connectivity index (χ1v) is 13.9. The van der Waals surface area contributed by atoms with Gasteiger partial charge in [-0.05, 0) is 71.9 Å². The number of aromatic amines is 1. The maximum absolute atomic E-state index is 12.4. The van der Waals surface area contributed by atoms with Gasteiger partial charge in [-0.15, -0.1) is 0 Å². The van der Waals surface area contributed by atoms with Crippen molar-refractivity contribution >= 4 is 34.8 Å². The van der Waals surface area contributed by atoms with Gasteiger partial charge in [-0.25, -0.2) is 19.4 Å². The first-order valence-electron chi connectivity index (χ1n) is 13.1. The predicted molar refractivity (Wildman–Crippen MR) is 145 cm³/mol. The van der Waals surface area contributed by atoms with Crippen molar-refractivity contribution in [3.8, 4) is 0 Å². The molecule has 2 aliphatic heterocycles. The monoisotopic (exact) mass is 541 g/mol. The zero-order valence-electron chi connectivity index (χ0n) is 22.3. The molecule has 0 aliphatic carbocycles. The molecule has 5 heterocycles. The van der Waals surface area contributed by atoms with E-state index in [0.29, 0.717) is 40.8 Å². The lowest BCUT2D eigenvalue weighted by Crippen LogP contribution is -2.54. The number of nitrogens with one attached hydrogen (secondary N) is 2. The molecule has 2 saturated heterocycles. The number of carbonyl (C=O) groups is 1. The van der Waals surface area contributed by atoms with Crippen LogP contribution in [0.2, 0.25) is 0 Å². The summed E-state index contributed by atoms with van der Waals surface area (Å²) >= 11 is 1.28. The summed E-state index contributed by atoms with van der Waals surface area (Å²) in [5.74, 6) is 0.753. The number of H-pyrrole nitrogens is 1. The van der Waals surface area contributed by atoms with E-state index in [9.17, 15) is 9.59 Å². The summed E-state index contributed by atoms with van der Waals surface area (Å²) in [7, 11) is 0. The molecule has 1 amide bonds. The highest BCUT2D eigenvalue weighted by Gasteiger charge is 2.34. The number of hydrogen-bond donors (Lipinski definition) is 2. The summed E-state index contributed by atoms with van der Waals surface area (Å²) in [5.41, 5.74) is 0.215. The molecule has 38 heavy (non-hydrogen) atoms. The quantitative estimate of drug-likeness (QED) is 0.487. The van der Waals surface area contributed by atoms with Crippen LogP contribution < -0.4 is 15.8 Å². The molecule has 0 aromatic carbocycles. The van der Waals surface area contributed by atoms with Crippen LogP contribution in [0.25, 0.3) is 11.2 Å². The molecule has 2 aliphatic rings. The number of rotatable bonds is 5. The number of aromatic nitrogens is 5. The Morgan fingerprint density at radius 3 is 2.76 bits per heavy atom. The molecule has 1 unspecified atom stereocenters. The fourth-order valence-corrected chi connectivity index (χ4v) is 5.58. The highest BCUT2D eigenvalue weighted by Crippen LogP contribution is 2.34. The van der Waals surface area contributed by atoms with Crippen molar-refractivity contribution in [1.82, 2.24) is 30.0 Å². The number of pyridine rings is 1. The lowest BCUT2D eigenvalue weighted by molar-refractivity contribution is -0.0376. The van der Waals surface area contributed by atoms with Gasteiger partial charge in [-0.1, -0.05) is 11.8 Å². The van der Waals surface area contributed by atoms with Crippen molar-refractivity contribution < 1.29 is 14.3 Å². The van der Waals surface area contributed by atoms with Gasteiger partial charge in [-0.3, -0.25) is 4.79 Å². The molecule has 12 heteroatoms. The summed E-state index contributed by atoms with van der Waals surface area (Å²) in [4.78, 5) is 39.8. The van der Waals surface area contributed by atoms with Gasteiger partial charge in [0.25, 0.3) is 5.56 Å². The number of piperidine rings is 1. The highest BCUT2D eigenvalue weighted by atomic mass is 32.2. The lowest BCUT2D eigenvalue weighted by Gasteiger charge is -2.40. The Kier molecular flexibility index (Phi) is 7.36. The van der Waals surface area contributed by atoms with E-state index in [2.05, 4.69) is 15.2 Å². The molecule has 2 fully saturated rings. The van der Waals surface area contributed by atoms with E-state index >= 15 is 0 Å². The van der Waals surface area contributed by atoms with E-state index in [1.165, 1.54) is 11.8 Å². The van der Waals surface area contributed by atoms with E-state index in [4.69, 9.17) is 24.5 Å². The smallest absolute Gasteiger partial charge is 0.408 e. The topological polar surface area (TPSA) is 127 Å². The van der Waals surface area contributed by atoms with Gasteiger partial charge in [0.1, 0.15) is 16.9 Å². The average Bonchev–Trinajstić information content (AvgIpc) is 3.22. The Morgan fingerprint density at radius 2 is 2.08 bits per heavy atom. The SMILES string of the molecule is CC1(NC(=O)OC(C)(C)C)CCN(c2cnc3c(Sc4ccc[nH]c4=O)nn(C4CCCCO4)c3n2)CC1. The molecule has 2 N–H and O–H groups in total. The van der Waals surface area contributed by atoms with Crippen molar-refractivity contribution in [2.24, 2.45) is 0 Å². The van der Waals surface area contributed by atoms with Gasteiger partial charge in [0.15, 0.2) is 16.9 Å². The van der Waals surface area contributed by atoms with Crippen LogP contribution in [-0.2, 0) is 9.47 Å². The molecule has 3 aromatic heterocycles. The number of hydrogen-bond acceptors (Lipinski definition) is 9. The molecule has 11 nitrogen and oxygen atoms in total. The minimum Gasteiger partial charge on any atom is -0.444 e. The van der Waals surface area contributed by atoms with E-state index < -0.39 is 11.7 Å². The fourth-order valence-electron chi connectivity index (χ4n) is 4.71. The zero-order valence-corrected chi connectivity index (χ0v) is 23.1. The molecule has 0 radical (unpaired) electrons. The number of anilines is 1. The molecule has 204 valence electrons. The Morgan fingerprint density at radius 1 is 1.29 bits per heavy atom. The Bertz CT molecular complexity index is 1350. The number of alkyl carbamates (subject to hydrolysis) is 1. The summed E-state index contributed by atoms with van der Waals surface area (Å²) in [5, 5.41) is 8.49. The fraction of sp³-hybridized carbons (Fsp3) is 0.577. The van der Waals surface area contributed by atoms with Crippen LogP contribution in [0.15, 0.2) is 39.2 Å². The summed E-state index contributed by atoms with van der Waals surface area (Å²) in [6.07, 6.45) is 7.17. The van der Waals surface area contributed by atoms with Crippen LogP contribution in [0.4, 0.5) is 10.6 Å². The summed E-state index contributed by atoms with van der Waals surface area (Å²) in [6, 6.07) is 3.56. The number of nitrogens with zero attached hydrogens (tertiary/aromatic N) is 5. The average molecular weight is 542 g/mol. The lowest BCUT2D eigenvalue weighted by atomic mass is 9.90. The number of ether oxygens (including phenoxy) is 2. The maximum Gasteiger partial charge on any atom is 0.408 e.